The summed E-state index contributed by atoms with van der Waals surface area (Å²) < 4.78 is 28.2. The number of amides is 2. The number of aliphatic hydroxyl groups excluding tert-OH is 2. The van der Waals surface area contributed by atoms with Crippen molar-refractivity contribution in [3.8, 4) is 0 Å². The van der Waals surface area contributed by atoms with Gasteiger partial charge in [0, 0.05) is 41.5 Å². The molecule has 9 nitrogen and oxygen atoms in total. The monoisotopic (exact) mass is 653 g/mol. The Labute approximate surface area is 264 Å². The summed E-state index contributed by atoms with van der Waals surface area (Å²) in [5.41, 5.74) is 0.544. The highest BCUT2D eigenvalue weighted by Crippen LogP contribution is 2.52. The molecule has 1 saturated carbocycles. The highest BCUT2D eigenvalue weighted by Gasteiger charge is 2.53. The van der Waals surface area contributed by atoms with Gasteiger partial charge in [-0.25, -0.2) is 13.1 Å². The molecule has 1 saturated heterocycles. The van der Waals surface area contributed by atoms with E-state index in [0.717, 1.165) is 11.1 Å². The van der Waals surface area contributed by atoms with E-state index in [-0.39, 0.29) is 31.3 Å². The van der Waals surface area contributed by atoms with Crippen LogP contribution in [0.1, 0.15) is 76.0 Å². The van der Waals surface area contributed by atoms with Crippen molar-refractivity contribution in [1.29, 1.82) is 0 Å². The molecule has 236 valence electrons. The fraction of sp³-hybridized carbons (Fsp3) is 0.548. The molecule has 1 aliphatic carbocycles. The predicted octanol–water partition coefficient (Wildman–Crippen LogP) is 4.17. The molecule has 0 spiro atoms. The lowest BCUT2D eigenvalue weighted by atomic mass is 9.67. The number of piperidine rings is 1. The van der Waals surface area contributed by atoms with Crippen LogP contribution in [0.2, 0.25) is 10.0 Å². The molecule has 0 radical (unpaired) electrons. The van der Waals surface area contributed by atoms with Crippen molar-refractivity contribution in [2.45, 2.75) is 81.7 Å². The van der Waals surface area contributed by atoms with E-state index in [1.165, 1.54) is 0 Å². The van der Waals surface area contributed by atoms with Crippen LogP contribution in [-0.2, 0) is 19.6 Å². The Morgan fingerprint density at radius 3 is 2.33 bits per heavy atom. The first-order chi connectivity index (χ1) is 20.2. The standard InChI is InChI=1S/C31H41Cl2N3O6S/c1-4-24(17-35-43(41,42)31(3)12-13-31)36-28(20-8-10-22(32)11-9-20)26(21-6-5-7-23(33)14-21)15-30(2,29(36)40)16-27(39)34-18-25(38)19-37/h5-11,14,24-26,28,35,37-38H,4,12-13,15-19H2,1-3H3,(H,34,39)/t24-,25-,26+,28+,30+/m0/s1. The molecule has 2 aromatic rings. The first-order valence-corrected chi connectivity index (χ1v) is 16.9. The summed E-state index contributed by atoms with van der Waals surface area (Å²) in [4.78, 5) is 29.5. The van der Waals surface area contributed by atoms with Gasteiger partial charge in [-0.15, -0.1) is 0 Å². The highest BCUT2D eigenvalue weighted by atomic mass is 35.5. The number of hydrogen-bond acceptors (Lipinski definition) is 6. The molecule has 1 heterocycles. The van der Waals surface area contributed by atoms with Gasteiger partial charge in [0.1, 0.15) is 0 Å². The summed E-state index contributed by atoms with van der Waals surface area (Å²) in [5, 5.41) is 22.6. The normalized spacial score (nSPS) is 24.8. The van der Waals surface area contributed by atoms with E-state index in [1.807, 2.05) is 37.3 Å². The van der Waals surface area contributed by atoms with Gasteiger partial charge in [0.05, 0.1) is 28.9 Å². The van der Waals surface area contributed by atoms with Crippen molar-refractivity contribution in [1.82, 2.24) is 14.9 Å². The molecule has 0 aromatic heterocycles. The lowest BCUT2D eigenvalue weighted by Crippen LogP contribution is -2.58. The third kappa shape index (κ3) is 7.54. The zero-order valence-electron chi connectivity index (χ0n) is 24.7. The molecule has 4 rings (SSSR count). The molecule has 43 heavy (non-hydrogen) atoms. The second-order valence-electron chi connectivity index (χ2n) is 12.3. The maximum Gasteiger partial charge on any atom is 0.229 e. The summed E-state index contributed by atoms with van der Waals surface area (Å²) in [6.07, 6.45) is 0.670. The van der Waals surface area contributed by atoms with Gasteiger partial charge >= 0.3 is 0 Å². The molecule has 1 aliphatic heterocycles. The van der Waals surface area contributed by atoms with Gasteiger partial charge in [-0.05, 0) is 68.0 Å². The van der Waals surface area contributed by atoms with E-state index < -0.39 is 50.9 Å². The number of aliphatic hydroxyl groups is 2. The number of nitrogens with zero attached hydrogens (tertiary/aromatic N) is 1. The minimum absolute atomic E-state index is 0.0253. The molecule has 0 bridgehead atoms. The molecule has 5 atom stereocenters. The maximum absolute atomic E-state index is 14.6. The van der Waals surface area contributed by atoms with E-state index in [2.05, 4.69) is 10.0 Å². The quantitative estimate of drug-likeness (QED) is 0.256. The third-order valence-electron chi connectivity index (χ3n) is 8.86. The Balaban J connectivity index is 1.79. The number of carbonyl (C=O) groups excluding carboxylic acids is 2. The van der Waals surface area contributed by atoms with Crippen molar-refractivity contribution in [3.05, 3.63) is 69.7 Å². The Bertz CT molecular complexity index is 1420. The maximum atomic E-state index is 14.6. The molecule has 0 unspecified atom stereocenters. The summed E-state index contributed by atoms with van der Waals surface area (Å²) in [6, 6.07) is 13.7. The number of benzene rings is 2. The number of likely N-dealkylation sites (tertiary alicyclic amines) is 1. The summed E-state index contributed by atoms with van der Waals surface area (Å²) in [5.74, 6) is -1.01. The smallest absolute Gasteiger partial charge is 0.229 e. The van der Waals surface area contributed by atoms with E-state index in [0.29, 0.717) is 35.7 Å². The molecule has 2 aliphatic rings. The highest BCUT2D eigenvalue weighted by molar-refractivity contribution is 7.91. The van der Waals surface area contributed by atoms with E-state index >= 15 is 0 Å². The number of nitrogens with one attached hydrogen (secondary N) is 2. The fourth-order valence-corrected chi connectivity index (χ4v) is 7.65. The number of sulfonamides is 1. The van der Waals surface area contributed by atoms with Crippen LogP contribution in [0.4, 0.5) is 0 Å². The minimum Gasteiger partial charge on any atom is -0.394 e. The molecule has 2 aromatic carbocycles. The Morgan fingerprint density at radius 1 is 1.07 bits per heavy atom. The average molecular weight is 655 g/mol. The van der Waals surface area contributed by atoms with Crippen molar-refractivity contribution in [3.63, 3.8) is 0 Å². The molecule has 12 heteroatoms. The molecular weight excluding hydrogens is 613 g/mol. The number of halogens is 2. The SMILES string of the molecule is CC[C@@H](CNS(=O)(=O)C1(C)CC1)N1C(=O)[C@@](C)(CC(=O)NC[C@H](O)CO)C[C@H](c2cccc(Cl)c2)[C@H]1c1ccc(Cl)cc1. The Hall–Kier alpha value is -2.21. The van der Waals surface area contributed by atoms with Crippen LogP contribution in [0.3, 0.4) is 0 Å². The van der Waals surface area contributed by atoms with Crippen LogP contribution in [0.25, 0.3) is 0 Å². The predicted molar refractivity (Wildman–Crippen MR) is 167 cm³/mol. The molecule has 2 amide bonds. The second-order valence-corrected chi connectivity index (χ2v) is 15.5. The number of carbonyl (C=O) groups is 2. The summed E-state index contributed by atoms with van der Waals surface area (Å²) in [7, 11) is -3.60. The molecular formula is C31H41Cl2N3O6S. The van der Waals surface area contributed by atoms with Crippen LogP contribution in [0, 0.1) is 5.41 Å². The van der Waals surface area contributed by atoms with Gasteiger partial charge in [0.2, 0.25) is 21.8 Å². The van der Waals surface area contributed by atoms with Gasteiger partial charge in [-0.1, -0.05) is 61.3 Å². The summed E-state index contributed by atoms with van der Waals surface area (Å²) >= 11 is 12.7. The Morgan fingerprint density at radius 2 is 1.74 bits per heavy atom. The van der Waals surface area contributed by atoms with Gasteiger partial charge in [-0.2, -0.15) is 0 Å². The lowest BCUT2D eigenvalue weighted by Gasteiger charge is -2.52. The van der Waals surface area contributed by atoms with E-state index in [1.54, 1.807) is 36.9 Å². The van der Waals surface area contributed by atoms with Crippen LogP contribution in [0.15, 0.2) is 48.5 Å². The van der Waals surface area contributed by atoms with Gasteiger partial charge in [0.25, 0.3) is 0 Å². The van der Waals surface area contributed by atoms with Crippen LogP contribution in [-0.4, -0.2) is 71.9 Å². The topological polar surface area (TPSA) is 136 Å². The zero-order chi connectivity index (χ0) is 31.6. The second kappa shape index (κ2) is 13.4. The summed E-state index contributed by atoms with van der Waals surface area (Å²) in [6.45, 7) is 4.76. The van der Waals surface area contributed by atoms with Crippen LogP contribution >= 0.6 is 23.2 Å². The first kappa shape index (κ1) is 33.7. The minimum atomic E-state index is -3.60. The van der Waals surface area contributed by atoms with E-state index in [9.17, 15) is 23.1 Å². The van der Waals surface area contributed by atoms with Crippen molar-refractivity contribution < 1.29 is 28.2 Å². The number of rotatable bonds is 13. The van der Waals surface area contributed by atoms with Gasteiger partial charge in [-0.3, -0.25) is 9.59 Å². The van der Waals surface area contributed by atoms with Crippen LogP contribution in [0.5, 0.6) is 0 Å². The van der Waals surface area contributed by atoms with Crippen molar-refractivity contribution >= 4 is 45.0 Å². The van der Waals surface area contributed by atoms with Crippen LogP contribution < -0.4 is 10.0 Å². The van der Waals surface area contributed by atoms with Gasteiger partial charge < -0.3 is 20.4 Å². The van der Waals surface area contributed by atoms with Crippen molar-refractivity contribution in [2.75, 3.05) is 19.7 Å². The fourth-order valence-electron chi connectivity index (χ4n) is 5.92. The van der Waals surface area contributed by atoms with Gasteiger partial charge in [0.15, 0.2) is 0 Å². The lowest BCUT2D eigenvalue weighted by molar-refractivity contribution is -0.157. The zero-order valence-corrected chi connectivity index (χ0v) is 27.1. The molecule has 4 N–H and O–H groups in total. The third-order valence-corrected chi connectivity index (χ3v) is 11.6. The largest absolute Gasteiger partial charge is 0.394 e. The Kier molecular flexibility index (Phi) is 10.5. The molecule has 2 fully saturated rings. The van der Waals surface area contributed by atoms with E-state index in [4.69, 9.17) is 28.3 Å². The van der Waals surface area contributed by atoms with Crippen molar-refractivity contribution in [2.24, 2.45) is 5.41 Å². The number of hydrogen-bond donors (Lipinski definition) is 4. The first-order valence-electron chi connectivity index (χ1n) is 14.6. The average Bonchev–Trinajstić information content (AvgIpc) is 3.73.